The van der Waals surface area contributed by atoms with Crippen molar-refractivity contribution in [1.82, 2.24) is 14.9 Å². The van der Waals surface area contributed by atoms with Crippen molar-refractivity contribution in [3.63, 3.8) is 0 Å². The van der Waals surface area contributed by atoms with E-state index >= 15 is 0 Å². The molecule has 2 bridgehead atoms. The second-order valence-corrected chi connectivity index (χ2v) is 7.02. The van der Waals surface area contributed by atoms with E-state index in [1.807, 2.05) is 10.8 Å². The summed E-state index contributed by atoms with van der Waals surface area (Å²) in [7, 11) is 0. The maximum atomic E-state index is 12.3. The maximum absolute atomic E-state index is 12.3. The fourth-order valence-electron chi connectivity index (χ4n) is 3.75. The van der Waals surface area contributed by atoms with E-state index in [1.165, 1.54) is 12.8 Å². The van der Waals surface area contributed by atoms with E-state index in [4.69, 9.17) is 0 Å². The number of piperidine rings is 1. The van der Waals surface area contributed by atoms with Crippen molar-refractivity contribution in [1.29, 1.82) is 0 Å². The van der Waals surface area contributed by atoms with Gasteiger partial charge in [-0.1, -0.05) is 13.8 Å². The summed E-state index contributed by atoms with van der Waals surface area (Å²) in [4.78, 5) is 16.5. The molecule has 2 unspecified atom stereocenters. The van der Waals surface area contributed by atoms with Crippen LogP contribution in [0.1, 0.15) is 46.0 Å². The largest absolute Gasteiger partial charge is 0.317 e. The van der Waals surface area contributed by atoms with E-state index < -0.39 is 0 Å². The molecule has 0 saturated carbocycles. The normalized spacial score (nSPS) is 28.0. The Hall–Kier alpha value is -1.36. The molecule has 5 heteroatoms. The van der Waals surface area contributed by atoms with Crippen molar-refractivity contribution < 1.29 is 4.79 Å². The number of imidazole rings is 1. The lowest BCUT2D eigenvalue weighted by Gasteiger charge is -2.28. The molecule has 116 valence electrons. The molecule has 3 rings (SSSR count). The number of fused-ring (bicyclic) bond motifs is 2. The Balaban J connectivity index is 1.53. The van der Waals surface area contributed by atoms with Crippen LogP contribution in [0.2, 0.25) is 0 Å². The molecule has 5 nitrogen and oxygen atoms in total. The smallest absolute Gasteiger partial charge is 0.226 e. The lowest BCUT2D eigenvalue weighted by Crippen LogP contribution is -2.39. The number of carbonyl (C=O) groups excluding carboxylic acids is 1. The zero-order valence-electron chi connectivity index (χ0n) is 13.0. The third kappa shape index (κ3) is 3.64. The SMILES string of the molecule is CC(C)Cn1ccnc1NC(=O)CC1CC2CCC(C1)N2. The summed E-state index contributed by atoms with van der Waals surface area (Å²) in [6.07, 6.45) is 9.16. The van der Waals surface area contributed by atoms with Gasteiger partial charge in [0.25, 0.3) is 0 Å². The fourth-order valence-corrected chi connectivity index (χ4v) is 3.75. The van der Waals surface area contributed by atoms with Gasteiger partial charge in [-0.25, -0.2) is 4.98 Å². The van der Waals surface area contributed by atoms with E-state index in [1.54, 1.807) is 6.20 Å². The number of rotatable bonds is 5. The van der Waals surface area contributed by atoms with Crippen LogP contribution in [0.5, 0.6) is 0 Å². The molecule has 1 aromatic heterocycles. The summed E-state index contributed by atoms with van der Waals surface area (Å²) in [6, 6.07) is 1.29. The Kier molecular flexibility index (Phi) is 4.29. The van der Waals surface area contributed by atoms with Gasteiger partial charge in [-0.15, -0.1) is 0 Å². The fraction of sp³-hybridized carbons (Fsp3) is 0.750. The lowest BCUT2D eigenvalue weighted by atomic mass is 9.89. The molecule has 0 spiro atoms. The third-order valence-electron chi connectivity index (χ3n) is 4.57. The Bertz CT molecular complexity index is 484. The van der Waals surface area contributed by atoms with Crippen LogP contribution in [-0.2, 0) is 11.3 Å². The number of nitrogens with one attached hydrogen (secondary N) is 2. The highest BCUT2D eigenvalue weighted by molar-refractivity contribution is 5.89. The first kappa shape index (κ1) is 14.6. The van der Waals surface area contributed by atoms with Gasteiger partial charge in [-0.05, 0) is 37.5 Å². The van der Waals surface area contributed by atoms with Gasteiger partial charge in [0.1, 0.15) is 0 Å². The van der Waals surface area contributed by atoms with Crippen molar-refractivity contribution in [3.05, 3.63) is 12.4 Å². The number of carbonyl (C=O) groups is 1. The van der Waals surface area contributed by atoms with Crippen LogP contribution >= 0.6 is 0 Å². The number of amides is 1. The Labute approximate surface area is 126 Å². The van der Waals surface area contributed by atoms with Crippen molar-refractivity contribution in [2.24, 2.45) is 11.8 Å². The van der Waals surface area contributed by atoms with Crippen LogP contribution in [0.15, 0.2) is 12.4 Å². The average Bonchev–Trinajstić information content (AvgIpc) is 2.96. The Morgan fingerprint density at radius 3 is 2.81 bits per heavy atom. The van der Waals surface area contributed by atoms with E-state index in [9.17, 15) is 4.79 Å². The number of anilines is 1. The first-order chi connectivity index (χ1) is 10.1. The molecule has 2 saturated heterocycles. The molecule has 2 atom stereocenters. The Morgan fingerprint density at radius 2 is 2.14 bits per heavy atom. The molecule has 2 aliphatic rings. The molecular formula is C16H26N4O. The quantitative estimate of drug-likeness (QED) is 0.875. The highest BCUT2D eigenvalue weighted by atomic mass is 16.1. The number of nitrogens with zero attached hydrogens (tertiary/aromatic N) is 2. The van der Waals surface area contributed by atoms with Gasteiger partial charge in [0.2, 0.25) is 11.9 Å². The lowest BCUT2D eigenvalue weighted by molar-refractivity contribution is -0.117. The van der Waals surface area contributed by atoms with Gasteiger partial charge in [-0.3, -0.25) is 10.1 Å². The molecule has 21 heavy (non-hydrogen) atoms. The third-order valence-corrected chi connectivity index (χ3v) is 4.57. The van der Waals surface area contributed by atoms with E-state index in [0.29, 0.717) is 36.3 Å². The molecule has 1 aromatic rings. The number of aromatic nitrogens is 2. The molecule has 3 heterocycles. The molecule has 0 aromatic carbocycles. The zero-order valence-corrected chi connectivity index (χ0v) is 13.0. The van der Waals surface area contributed by atoms with Crippen molar-refractivity contribution in [3.8, 4) is 0 Å². The van der Waals surface area contributed by atoms with E-state index in [0.717, 1.165) is 19.4 Å². The standard InChI is InChI=1S/C16H26N4O/c1-11(2)10-20-6-5-17-16(20)19-15(21)9-12-7-13-3-4-14(8-12)18-13/h5-6,11-14,18H,3-4,7-10H2,1-2H3,(H,17,19,21). The second-order valence-electron chi connectivity index (χ2n) is 7.02. The van der Waals surface area contributed by atoms with Crippen LogP contribution < -0.4 is 10.6 Å². The molecule has 2 aliphatic heterocycles. The molecule has 0 aliphatic carbocycles. The minimum Gasteiger partial charge on any atom is -0.317 e. The highest BCUT2D eigenvalue weighted by Gasteiger charge is 2.34. The van der Waals surface area contributed by atoms with Gasteiger partial charge < -0.3 is 9.88 Å². The monoisotopic (exact) mass is 290 g/mol. The summed E-state index contributed by atoms with van der Waals surface area (Å²) in [5.41, 5.74) is 0. The van der Waals surface area contributed by atoms with Crippen LogP contribution in [0, 0.1) is 11.8 Å². The van der Waals surface area contributed by atoms with Crippen LogP contribution in [0.4, 0.5) is 5.95 Å². The second kappa shape index (κ2) is 6.18. The topological polar surface area (TPSA) is 59.0 Å². The Morgan fingerprint density at radius 1 is 1.43 bits per heavy atom. The number of hydrogen-bond donors (Lipinski definition) is 2. The minimum atomic E-state index is 0.109. The van der Waals surface area contributed by atoms with Crippen LogP contribution in [0.25, 0.3) is 0 Å². The summed E-state index contributed by atoms with van der Waals surface area (Å²) in [5, 5.41) is 6.61. The predicted octanol–water partition coefficient (Wildman–Crippen LogP) is 2.40. The molecule has 2 fully saturated rings. The van der Waals surface area contributed by atoms with Gasteiger partial charge in [0.15, 0.2) is 0 Å². The van der Waals surface area contributed by atoms with Gasteiger partial charge in [-0.2, -0.15) is 0 Å². The molecule has 0 radical (unpaired) electrons. The van der Waals surface area contributed by atoms with E-state index in [-0.39, 0.29) is 5.91 Å². The first-order valence-electron chi connectivity index (χ1n) is 8.17. The summed E-state index contributed by atoms with van der Waals surface area (Å²) < 4.78 is 2.02. The van der Waals surface area contributed by atoms with Gasteiger partial charge in [0, 0.05) is 37.4 Å². The number of hydrogen-bond acceptors (Lipinski definition) is 3. The first-order valence-corrected chi connectivity index (χ1v) is 8.17. The van der Waals surface area contributed by atoms with Crippen molar-refractivity contribution in [2.75, 3.05) is 5.32 Å². The van der Waals surface area contributed by atoms with Crippen LogP contribution in [-0.4, -0.2) is 27.5 Å². The summed E-state index contributed by atoms with van der Waals surface area (Å²) in [6.45, 7) is 5.21. The molecule has 1 amide bonds. The summed E-state index contributed by atoms with van der Waals surface area (Å²) in [5.74, 6) is 1.86. The zero-order chi connectivity index (χ0) is 14.8. The molecule has 2 N–H and O–H groups in total. The van der Waals surface area contributed by atoms with Crippen molar-refractivity contribution >= 4 is 11.9 Å². The highest BCUT2D eigenvalue weighted by Crippen LogP contribution is 2.32. The van der Waals surface area contributed by atoms with E-state index in [2.05, 4.69) is 29.5 Å². The minimum absolute atomic E-state index is 0.109. The summed E-state index contributed by atoms with van der Waals surface area (Å²) >= 11 is 0. The molecular weight excluding hydrogens is 264 g/mol. The maximum Gasteiger partial charge on any atom is 0.226 e. The average molecular weight is 290 g/mol. The van der Waals surface area contributed by atoms with Crippen molar-refractivity contribution in [2.45, 2.75) is 64.6 Å². The van der Waals surface area contributed by atoms with Crippen LogP contribution in [0.3, 0.4) is 0 Å². The van der Waals surface area contributed by atoms with Gasteiger partial charge in [0.05, 0.1) is 0 Å². The predicted molar refractivity (Wildman–Crippen MR) is 83.0 cm³/mol. The van der Waals surface area contributed by atoms with Gasteiger partial charge >= 0.3 is 0 Å².